The third-order valence-electron chi connectivity index (χ3n) is 4.87. The van der Waals surface area contributed by atoms with E-state index in [9.17, 15) is 0 Å². The highest BCUT2D eigenvalue weighted by molar-refractivity contribution is 5.38. The van der Waals surface area contributed by atoms with Gasteiger partial charge in [-0.05, 0) is 75.0 Å². The summed E-state index contributed by atoms with van der Waals surface area (Å²) in [6.45, 7) is 7.69. The zero-order valence-corrected chi connectivity index (χ0v) is 11.8. The van der Waals surface area contributed by atoms with Gasteiger partial charge in [-0.3, -0.25) is 0 Å². The lowest BCUT2D eigenvalue weighted by molar-refractivity contribution is -0.126. The Morgan fingerprint density at radius 3 is 2.56 bits per heavy atom. The van der Waals surface area contributed by atoms with Crippen molar-refractivity contribution in [3.05, 3.63) is 34.4 Å². The minimum Gasteiger partial charge on any atom is -0.378 e. The molecule has 1 saturated carbocycles. The molecule has 18 heavy (non-hydrogen) atoms. The van der Waals surface area contributed by atoms with Crippen molar-refractivity contribution >= 4 is 0 Å². The van der Waals surface area contributed by atoms with Crippen molar-refractivity contribution in [2.45, 2.75) is 52.6 Å². The van der Waals surface area contributed by atoms with Crippen molar-refractivity contribution in [3.63, 3.8) is 0 Å². The van der Waals surface area contributed by atoms with Crippen LogP contribution in [0.25, 0.3) is 0 Å². The first-order chi connectivity index (χ1) is 8.65. The summed E-state index contributed by atoms with van der Waals surface area (Å²) in [6.07, 6.45) is 5.85. The quantitative estimate of drug-likeness (QED) is 0.765. The van der Waals surface area contributed by atoms with Crippen LogP contribution in [-0.2, 0) is 11.2 Å². The van der Waals surface area contributed by atoms with E-state index in [1.165, 1.54) is 42.4 Å². The van der Waals surface area contributed by atoms with Crippen molar-refractivity contribution in [2.75, 3.05) is 6.61 Å². The third kappa shape index (κ3) is 2.09. The topological polar surface area (TPSA) is 9.23 Å². The summed E-state index contributed by atoms with van der Waals surface area (Å²) in [5.41, 5.74) is 5.88. The number of hydrogen-bond donors (Lipinski definition) is 0. The van der Waals surface area contributed by atoms with Gasteiger partial charge in [0.05, 0.1) is 6.10 Å². The molecule has 1 saturated heterocycles. The molecule has 2 fully saturated rings. The molecule has 0 radical (unpaired) electrons. The van der Waals surface area contributed by atoms with Gasteiger partial charge in [-0.2, -0.15) is 0 Å². The van der Waals surface area contributed by atoms with E-state index >= 15 is 0 Å². The molecule has 0 amide bonds. The SMILES string of the molecule is Cc1cc(C)c(C[C@H]2C[C@H]3CCCO[C@H]32)c(C)c1. The van der Waals surface area contributed by atoms with Crippen LogP contribution in [0, 0.1) is 32.6 Å². The summed E-state index contributed by atoms with van der Waals surface area (Å²) >= 11 is 0. The lowest BCUT2D eigenvalue weighted by Gasteiger charge is -2.47. The lowest BCUT2D eigenvalue weighted by Crippen LogP contribution is -2.47. The van der Waals surface area contributed by atoms with E-state index in [0.29, 0.717) is 6.10 Å². The first-order valence-electron chi connectivity index (χ1n) is 7.33. The minimum absolute atomic E-state index is 0.568. The molecule has 1 nitrogen and oxygen atoms in total. The van der Waals surface area contributed by atoms with Crippen LogP contribution < -0.4 is 0 Å². The fraction of sp³-hybridized carbons (Fsp3) is 0.647. The molecule has 98 valence electrons. The van der Waals surface area contributed by atoms with Crippen LogP contribution in [0.1, 0.15) is 41.5 Å². The molecule has 0 aromatic heterocycles. The maximum Gasteiger partial charge on any atom is 0.0634 e. The van der Waals surface area contributed by atoms with E-state index in [2.05, 4.69) is 32.9 Å². The molecule has 1 aromatic carbocycles. The van der Waals surface area contributed by atoms with Crippen molar-refractivity contribution < 1.29 is 4.74 Å². The van der Waals surface area contributed by atoms with E-state index in [1.54, 1.807) is 5.56 Å². The van der Waals surface area contributed by atoms with Gasteiger partial charge >= 0.3 is 0 Å². The van der Waals surface area contributed by atoms with Gasteiger partial charge in [0, 0.05) is 6.61 Å². The van der Waals surface area contributed by atoms with Crippen LogP contribution in [-0.4, -0.2) is 12.7 Å². The minimum atomic E-state index is 0.568. The summed E-state index contributed by atoms with van der Waals surface area (Å²) in [6, 6.07) is 4.64. The number of rotatable bonds is 2. The van der Waals surface area contributed by atoms with Gasteiger partial charge in [-0.15, -0.1) is 0 Å². The van der Waals surface area contributed by atoms with Gasteiger partial charge in [-0.25, -0.2) is 0 Å². The predicted molar refractivity (Wildman–Crippen MR) is 74.9 cm³/mol. The first-order valence-corrected chi connectivity index (χ1v) is 7.33. The molecular weight excluding hydrogens is 220 g/mol. The lowest BCUT2D eigenvalue weighted by atomic mass is 9.66. The second kappa shape index (κ2) is 4.70. The Bertz CT molecular complexity index is 426. The molecular formula is C17H24O. The predicted octanol–water partition coefficient (Wildman–Crippen LogP) is 3.97. The molecule has 0 N–H and O–H groups in total. The van der Waals surface area contributed by atoms with Gasteiger partial charge in [0.2, 0.25) is 0 Å². The van der Waals surface area contributed by atoms with Gasteiger partial charge < -0.3 is 4.74 Å². The number of aryl methyl sites for hydroxylation is 3. The number of benzene rings is 1. The van der Waals surface area contributed by atoms with Crippen molar-refractivity contribution in [3.8, 4) is 0 Å². The molecule has 1 heterocycles. The van der Waals surface area contributed by atoms with Crippen molar-refractivity contribution in [2.24, 2.45) is 11.8 Å². The fourth-order valence-corrected chi connectivity index (χ4v) is 3.96. The summed E-state index contributed by atoms with van der Waals surface area (Å²) in [4.78, 5) is 0. The molecule has 2 aliphatic rings. The number of ether oxygens (including phenoxy) is 1. The monoisotopic (exact) mass is 244 g/mol. The zero-order chi connectivity index (χ0) is 12.7. The maximum absolute atomic E-state index is 5.97. The Morgan fingerprint density at radius 1 is 1.17 bits per heavy atom. The van der Waals surface area contributed by atoms with E-state index in [0.717, 1.165) is 18.4 Å². The van der Waals surface area contributed by atoms with Gasteiger partial charge in [-0.1, -0.05) is 17.7 Å². The number of hydrogen-bond acceptors (Lipinski definition) is 1. The second-order valence-corrected chi connectivity index (χ2v) is 6.31. The zero-order valence-electron chi connectivity index (χ0n) is 11.8. The van der Waals surface area contributed by atoms with E-state index < -0.39 is 0 Å². The standard InChI is InChI=1S/C17H24O/c1-11-7-12(2)16(13(3)8-11)10-15-9-14-5-4-6-18-17(14)15/h7-8,14-15,17H,4-6,9-10H2,1-3H3/t14-,15-,17-/m1/s1. The highest BCUT2D eigenvalue weighted by Crippen LogP contribution is 2.44. The van der Waals surface area contributed by atoms with Crippen molar-refractivity contribution in [1.82, 2.24) is 0 Å². The Kier molecular flexibility index (Phi) is 3.19. The fourth-order valence-electron chi connectivity index (χ4n) is 3.96. The smallest absolute Gasteiger partial charge is 0.0634 e. The van der Waals surface area contributed by atoms with Crippen LogP contribution in [0.3, 0.4) is 0 Å². The Hall–Kier alpha value is -0.820. The van der Waals surface area contributed by atoms with Crippen LogP contribution in [0.15, 0.2) is 12.1 Å². The van der Waals surface area contributed by atoms with E-state index in [4.69, 9.17) is 4.74 Å². The Labute approximate surface area is 111 Å². The van der Waals surface area contributed by atoms with Gasteiger partial charge in [0.15, 0.2) is 0 Å². The number of fused-ring (bicyclic) bond motifs is 1. The first kappa shape index (κ1) is 12.2. The third-order valence-corrected chi connectivity index (χ3v) is 4.87. The second-order valence-electron chi connectivity index (χ2n) is 6.31. The molecule has 1 aromatic rings. The molecule has 1 heteroatoms. The molecule has 1 aliphatic heterocycles. The van der Waals surface area contributed by atoms with Crippen molar-refractivity contribution in [1.29, 1.82) is 0 Å². The summed E-state index contributed by atoms with van der Waals surface area (Å²) in [5.74, 6) is 1.64. The molecule has 1 aliphatic carbocycles. The molecule has 3 rings (SSSR count). The summed E-state index contributed by atoms with van der Waals surface area (Å²) in [5, 5.41) is 0. The van der Waals surface area contributed by atoms with E-state index in [1.807, 2.05) is 0 Å². The van der Waals surface area contributed by atoms with Crippen LogP contribution in [0.4, 0.5) is 0 Å². The molecule has 3 atom stereocenters. The maximum atomic E-state index is 5.97. The highest BCUT2D eigenvalue weighted by atomic mass is 16.5. The Morgan fingerprint density at radius 2 is 1.89 bits per heavy atom. The normalized spacial score (nSPS) is 30.7. The van der Waals surface area contributed by atoms with Crippen LogP contribution in [0.5, 0.6) is 0 Å². The highest BCUT2D eigenvalue weighted by Gasteiger charge is 2.43. The Balaban J connectivity index is 1.74. The van der Waals surface area contributed by atoms with Crippen LogP contribution in [0.2, 0.25) is 0 Å². The average Bonchev–Trinajstić information content (AvgIpc) is 2.28. The largest absolute Gasteiger partial charge is 0.378 e. The molecule has 0 unspecified atom stereocenters. The van der Waals surface area contributed by atoms with Gasteiger partial charge in [0.25, 0.3) is 0 Å². The van der Waals surface area contributed by atoms with Crippen LogP contribution >= 0.6 is 0 Å². The molecule has 0 spiro atoms. The average molecular weight is 244 g/mol. The van der Waals surface area contributed by atoms with E-state index in [-0.39, 0.29) is 0 Å². The summed E-state index contributed by atoms with van der Waals surface area (Å²) < 4.78 is 5.97. The van der Waals surface area contributed by atoms with Gasteiger partial charge in [0.1, 0.15) is 0 Å². The molecule has 0 bridgehead atoms. The summed E-state index contributed by atoms with van der Waals surface area (Å²) in [7, 11) is 0.